The summed E-state index contributed by atoms with van der Waals surface area (Å²) in [6.07, 6.45) is 5.60. The van der Waals surface area contributed by atoms with Crippen molar-refractivity contribution in [1.29, 1.82) is 0 Å². The zero-order chi connectivity index (χ0) is 16.0. The van der Waals surface area contributed by atoms with Gasteiger partial charge in [0.15, 0.2) is 0 Å². The fourth-order valence-electron chi connectivity index (χ4n) is 3.07. The highest BCUT2D eigenvalue weighted by molar-refractivity contribution is 5.44. The second kappa shape index (κ2) is 7.42. The molecule has 0 aliphatic rings. The van der Waals surface area contributed by atoms with E-state index in [2.05, 4.69) is 106 Å². The first kappa shape index (κ1) is 16.5. The Bertz CT molecular complexity index is 544. The second-order valence-corrected chi connectivity index (χ2v) is 6.22. The molecule has 0 fully saturated rings. The van der Waals surface area contributed by atoms with Gasteiger partial charge in [-0.3, -0.25) is 0 Å². The summed E-state index contributed by atoms with van der Waals surface area (Å²) < 4.78 is 0. The van der Waals surface area contributed by atoms with Gasteiger partial charge in [-0.05, 0) is 45.5 Å². The van der Waals surface area contributed by atoms with Crippen LogP contribution in [0.2, 0.25) is 0 Å². The van der Waals surface area contributed by atoms with E-state index in [0.29, 0.717) is 6.04 Å². The summed E-state index contributed by atoms with van der Waals surface area (Å²) in [5.41, 5.74) is 2.63. The Kier molecular flexibility index (Phi) is 5.57. The van der Waals surface area contributed by atoms with Crippen molar-refractivity contribution in [3.8, 4) is 0 Å². The molecule has 0 amide bonds. The Morgan fingerprint density at radius 1 is 0.909 bits per heavy atom. The zero-order valence-electron chi connectivity index (χ0n) is 14.2. The van der Waals surface area contributed by atoms with Crippen LogP contribution in [-0.4, -0.2) is 25.0 Å². The summed E-state index contributed by atoms with van der Waals surface area (Å²) in [7, 11) is 4.31. The van der Waals surface area contributed by atoms with Gasteiger partial charge in [0.2, 0.25) is 0 Å². The van der Waals surface area contributed by atoms with Crippen molar-refractivity contribution in [3.63, 3.8) is 0 Å². The van der Waals surface area contributed by atoms with Gasteiger partial charge in [0.25, 0.3) is 0 Å². The summed E-state index contributed by atoms with van der Waals surface area (Å²) in [6.45, 7) is 4.41. The first-order chi connectivity index (χ1) is 10.6. The zero-order valence-corrected chi connectivity index (χ0v) is 14.2. The van der Waals surface area contributed by atoms with Gasteiger partial charge < -0.3 is 4.90 Å². The van der Waals surface area contributed by atoms with Crippen molar-refractivity contribution in [2.75, 3.05) is 14.1 Å². The molecule has 0 saturated heterocycles. The molecule has 0 aliphatic heterocycles. The first-order valence-electron chi connectivity index (χ1n) is 8.01. The van der Waals surface area contributed by atoms with Crippen molar-refractivity contribution in [2.45, 2.75) is 31.7 Å². The lowest BCUT2D eigenvalue weighted by molar-refractivity contribution is 0.273. The second-order valence-electron chi connectivity index (χ2n) is 6.22. The monoisotopic (exact) mass is 293 g/mol. The minimum atomic E-state index is -0.0824. The molecule has 1 nitrogen and oxygen atoms in total. The van der Waals surface area contributed by atoms with Gasteiger partial charge in [-0.25, -0.2) is 0 Å². The summed E-state index contributed by atoms with van der Waals surface area (Å²) >= 11 is 0. The molecule has 116 valence electrons. The Balaban J connectivity index is 2.60. The summed E-state index contributed by atoms with van der Waals surface area (Å²) in [6, 6.07) is 22.2. The van der Waals surface area contributed by atoms with Gasteiger partial charge in [-0.2, -0.15) is 0 Å². The molecule has 0 spiro atoms. The molecule has 1 unspecified atom stereocenters. The van der Waals surface area contributed by atoms with Gasteiger partial charge in [0, 0.05) is 11.5 Å². The molecular formula is C21H27N. The Morgan fingerprint density at radius 3 is 1.73 bits per heavy atom. The van der Waals surface area contributed by atoms with Crippen LogP contribution in [0.15, 0.2) is 72.8 Å². The van der Waals surface area contributed by atoms with Gasteiger partial charge in [-0.1, -0.05) is 72.8 Å². The third kappa shape index (κ3) is 3.48. The van der Waals surface area contributed by atoms with E-state index < -0.39 is 0 Å². The molecule has 0 aliphatic carbocycles. The van der Waals surface area contributed by atoms with Crippen LogP contribution in [-0.2, 0) is 5.41 Å². The smallest absolute Gasteiger partial charge is 0.0396 e. The predicted molar refractivity (Wildman–Crippen MR) is 96.2 cm³/mol. The molecule has 0 saturated carbocycles. The SMILES string of the molecule is C/C=C/C(CC(C)N(C)C)(c1ccccc1)c1ccccc1. The summed E-state index contributed by atoms with van der Waals surface area (Å²) in [4.78, 5) is 2.30. The molecule has 2 aromatic carbocycles. The van der Waals surface area contributed by atoms with E-state index >= 15 is 0 Å². The van der Waals surface area contributed by atoms with Crippen LogP contribution < -0.4 is 0 Å². The van der Waals surface area contributed by atoms with Crippen LogP contribution in [0.1, 0.15) is 31.4 Å². The van der Waals surface area contributed by atoms with E-state index in [1.54, 1.807) is 0 Å². The van der Waals surface area contributed by atoms with Crippen LogP contribution in [0, 0.1) is 0 Å². The number of rotatable bonds is 6. The lowest BCUT2D eigenvalue weighted by Crippen LogP contribution is -2.35. The minimum absolute atomic E-state index is 0.0824. The molecule has 0 bridgehead atoms. The minimum Gasteiger partial charge on any atom is -0.307 e. The van der Waals surface area contributed by atoms with Crippen molar-refractivity contribution in [1.82, 2.24) is 4.90 Å². The van der Waals surface area contributed by atoms with Crippen LogP contribution in [0.25, 0.3) is 0 Å². The molecule has 0 radical (unpaired) electrons. The third-order valence-corrected chi connectivity index (χ3v) is 4.53. The van der Waals surface area contributed by atoms with Gasteiger partial charge in [0.1, 0.15) is 0 Å². The van der Waals surface area contributed by atoms with E-state index in [1.165, 1.54) is 11.1 Å². The lowest BCUT2D eigenvalue weighted by Gasteiger charge is -2.36. The lowest BCUT2D eigenvalue weighted by atomic mass is 9.70. The van der Waals surface area contributed by atoms with Gasteiger partial charge >= 0.3 is 0 Å². The fraction of sp³-hybridized carbons (Fsp3) is 0.333. The van der Waals surface area contributed by atoms with Crippen molar-refractivity contribution in [2.24, 2.45) is 0 Å². The first-order valence-corrected chi connectivity index (χ1v) is 8.01. The van der Waals surface area contributed by atoms with Crippen LogP contribution in [0.4, 0.5) is 0 Å². The molecule has 0 aromatic heterocycles. The van der Waals surface area contributed by atoms with Crippen LogP contribution >= 0.6 is 0 Å². The average molecular weight is 293 g/mol. The maximum Gasteiger partial charge on any atom is 0.0396 e. The quantitative estimate of drug-likeness (QED) is 0.685. The van der Waals surface area contributed by atoms with E-state index in [-0.39, 0.29) is 5.41 Å². The Hall–Kier alpha value is -1.86. The van der Waals surface area contributed by atoms with E-state index in [0.717, 1.165) is 6.42 Å². The fourth-order valence-corrected chi connectivity index (χ4v) is 3.07. The van der Waals surface area contributed by atoms with E-state index in [9.17, 15) is 0 Å². The van der Waals surface area contributed by atoms with Gasteiger partial charge in [0.05, 0.1) is 0 Å². The molecular weight excluding hydrogens is 266 g/mol. The standard InChI is InChI=1S/C21H27N/c1-5-16-21(17-18(2)22(3)4,19-12-8-6-9-13-19)20-14-10-7-11-15-20/h5-16,18H,17H2,1-4H3/b16-5+. The van der Waals surface area contributed by atoms with Crippen LogP contribution in [0.5, 0.6) is 0 Å². The predicted octanol–water partition coefficient (Wildman–Crippen LogP) is 4.89. The molecule has 0 heterocycles. The van der Waals surface area contributed by atoms with Crippen molar-refractivity contribution < 1.29 is 0 Å². The Morgan fingerprint density at radius 2 is 1.36 bits per heavy atom. The third-order valence-electron chi connectivity index (χ3n) is 4.53. The number of hydrogen-bond acceptors (Lipinski definition) is 1. The molecule has 2 aromatic rings. The topological polar surface area (TPSA) is 3.24 Å². The maximum atomic E-state index is 2.36. The van der Waals surface area contributed by atoms with Crippen molar-refractivity contribution in [3.05, 3.63) is 83.9 Å². The number of hydrogen-bond donors (Lipinski definition) is 0. The molecule has 0 N–H and O–H groups in total. The van der Waals surface area contributed by atoms with Crippen molar-refractivity contribution >= 4 is 0 Å². The molecule has 1 heteroatoms. The van der Waals surface area contributed by atoms with Crippen LogP contribution in [0.3, 0.4) is 0 Å². The molecule has 22 heavy (non-hydrogen) atoms. The molecule has 1 atom stereocenters. The van der Waals surface area contributed by atoms with Gasteiger partial charge in [-0.15, -0.1) is 0 Å². The van der Waals surface area contributed by atoms with E-state index in [4.69, 9.17) is 0 Å². The number of benzene rings is 2. The van der Waals surface area contributed by atoms with E-state index in [1.807, 2.05) is 0 Å². The highest BCUT2D eigenvalue weighted by Gasteiger charge is 2.33. The highest BCUT2D eigenvalue weighted by Crippen LogP contribution is 2.38. The maximum absolute atomic E-state index is 2.36. The number of nitrogens with zero attached hydrogens (tertiary/aromatic N) is 1. The summed E-state index contributed by atoms with van der Waals surface area (Å²) in [5.74, 6) is 0. The molecule has 2 rings (SSSR count). The highest BCUT2D eigenvalue weighted by atomic mass is 15.1. The Labute approximate surface area is 135 Å². The summed E-state index contributed by atoms with van der Waals surface area (Å²) in [5, 5.41) is 0. The number of allylic oxidation sites excluding steroid dienone is 2. The average Bonchev–Trinajstić information content (AvgIpc) is 2.55. The largest absolute Gasteiger partial charge is 0.307 e. The normalized spacial score (nSPS) is 13.7.